The van der Waals surface area contributed by atoms with Crippen molar-refractivity contribution in [1.29, 1.82) is 0 Å². The van der Waals surface area contributed by atoms with E-state index < -0.39 is 0 Å². The van der Waals surface area contributed by atoms with Gasteiger partial charge in [0.2, 0.25) is 0 Å². The summed E-state index contributed by atoms with van der Waals surface area (Å²) in [5.74, 6) is -0.176. The highest BCUT2D eigenvalue weighted by Crippen LogP contribution is 2.21. The van der Waals surface area contributed by atoms with Gasteiger partial charge in [0.15, 0.2) is 0 Å². The number of hydrogen-bond donors (Lipinski definition) is 1. The molecule has 1 aromatic heterocycles. The Bertz CT molecular complexity index is 494. The molecule has 2 aromatic rings. The standard InChI is InChI=1S/C12H13FN2S/c1-8-11(7-14)16-12(15-8)6-9-4-2-3-5-10(9)13/h2-5H,6-7,14H2,1H3. The van der Waals surface area contributed by atoms with Gasteiger partial charge in [-0.25, -0.2) is 9.37 Å². The van der Waals surface area contributed by atoms with Crippen LogP contribution in [0.15, 0.2) is 24.3 Å². The topological polar surface area (TPSA) is 38.9 Å². The molecule has 0 fully saturated rings. The van der Waals surface area contributed by atoms with Crippen LogP contribution in [0.5, 0.6) is 0 Å². The quantitative estimate of drug-likeness (QED) is 0.889. The van der Waals surface area contributed by atoms with E-state index in [2.05, 4.69) is 4.98 Å². The molecular formula is C12H13FN2S. The van der Waals surface area contributed by atoms with Gasteiger partial charge in [-0.15, -0.1) is 11.3 Å². The molecule has 0 saturated carbocycles. The zero-order valence-corrected chi connectivity index (χ0v) is 9.85. The first kappa shape index (κ1) is 11.2. The Labute approximate surface area is 97.9 Å². The van der Waals surface area contributed by atoms with Crippen LogP contribution in [0.25, 0.3) is 0 Å². The third-order valence-corrected chi connectivity index (χ3v) is 3.60. The Kier molecular flexibility index (Phi) is 3.31. The minimum Gasteiger partial charge on any atom is -0.326 e. The van der Waals surface area contributed by atoms with Gasteiger partial charge in [-0.1, -0.05) is 18.2 Å². The molecule has 1 aromatic carbocycles. The molecule has 0 amide bonds. The monoisotopic (exact) mass is 236 g/mol. The molecule has 0 radical (unpaired) electrons. The lowest BCUT2D eigenvalue weighted by Gasteiger charge is -1.98. The molecule has 2 rings (SSSR count). The number of halogens is 1. The molecule has 0 unspecified atom stereocenters. The molecule has 0 aliphatic rings. The minimum atomic E-state index is -0.176. The van der Waals surface area contributed by atoms with Gasteiger partial charge in [-0.05, 0) is 18.6 Å². The Hall–Kier alpha value is -1.26. The van der Waals surface area contributed by atoms with Crippen molar-refractivity contribution >= 4 is 11.3 Å². The fraction of sp³-hybridized carbons (Fsp3) is 0.250. The van der Waals surface area contributed by atoms with E-state index in [-0.39, 0.29) is 5.82 Å². The molecule has 0 aliphatic heterocycles. The molecule has 2 nitrogen and oxygen atoms in total. The van der Waals surface area contributed by atoms with Crippen LogP contribution < -0.4 is 5.73 Å². The van der Waals surface area contributed by atoms with Crippen LogP contribution in [0.4, 0.5) is 4.39 Å². The van der Waals surface area contributed by atoms with Crippen LogP contribution in [0.3, 0.4) is 0 Å². The number of nitrogens with two attached hydrogens (primary N) is 1. The second-order valence-corrected chi connectivity index (χ2v) is 4.76. The van der Waals surface area contributed by atoms with Gasteiger partial charge in [-0.2, -0.15) is 0 Å². The average molecular weight is 236 g/mol. The Morgan fingerprint density at radius 2 is 2.12 bits per heavy atom. The van der Waals surface area contributed by atoms with Crippen LogP contribution in [0, 0.1) is 12.7 Å². The number of aromatic nitrogens is 1. The summed E-state index contributed by atoms with van der Waals surface area (Å²) in [6.07, 6.45) is 0.540. The van der Waals surface area contributed by atoms with E-state index in [1.807, 2.05) is 13.0 Å². The van der Waals surface area contributed by atoms with E-state index in [1.54, 1.807) is 23.5 Å². The third kappa shape index (κ3) is 2.28. The van der Waals surface area contributed by atoms with Gasteiger partial charge in [0.25, 0.3) is 0 Å². The number of aryl methyl sites for hydroxylation is 1. The molecule has 0 aliphatic carbocycles. The molecule has 4 heteroatoms. The summed E-state index contributed by atoms with van der Waals surface area (Å²) in [4.78, 5) is 5.47. The van der Waals surface area contributed by atoms with E-state index in [9.17, 15) is 4.39 Å². The Balaban J connectivity index is 2.24. The first-order valence-corrected chi connectivity index (χ1v) is 5.91. The van der Waals surface area contributed by atoms with Crippen molar-refractivity contribution < 1.29 is 4.39 Å². The molecule has 0 saturated heterocycles. The highest BCUT2D eigenvalue weighted by atomic mass is 32.1. The van der Waals surface area contributed by atoms with Gasteiger partial charge < -0.3 is 5.73 Å². The Morgan fingerprint density at radius 3 is 2.75 bits per heavy atom. The van der Waals surface area contributed by atoms with Crippen molar-refractivity contribution in [2.45, 2.75) is 19.9 Å². The zero-order chi connectivity index (χ0) is 11.5. The number of rotatable bonds is 3. The third-order valence-electron chi connectivity index (χ3n) is 2.42. The van der Waals surface area contributed by atoms with Crippen LogP contribution in [0.1, 0.15) is 21.1 Å². The smallest absolute Gasteiger partial charge is 0.126 e. The van der Waals surface area contributed by atoms with Gasteiger partial charge in [0.1, 0.15) is 5.82 Å². The van der Waals surface area contributed by atoms with Crippen LogP contribution in [-0.4, -0.2) is 4.98 Å². The summed E-state index contributed by atoms with van der Waals surface area (Å²) in [7, 11) is 0. The molecule has 2 N–H and O–H groups in total. The molecule has 1 heterocycles. The SMILES string of the molecule is Cc1nc(Cc2ccccc2F)sc1CN. The lowest BCUT2D eigenvalue weighted by atomic mass is 10.1. The summed E-state index contributed by atoms with van der Waals surface area (Å²) < 4.78 is 13.4. The van der Waals surface area contributed by atoms with E-state index in [4.69, 9.17) is 5.73 Å². The Morgan fingerprint density at radius 1 is 1.38 bits per heavy atom. The van der Waals surface area contributed by atoms with E-state index in [1.165, 1.54) is 6.07 Å². The second-order valence-electron chi connectivity index (χ2n) is 3.59. The largest absolute Gasteiger partial charge is 0.326 e. The normalized spacial score (nSPS) is 10.7. The van der Waals surface area contributed by atoms with E-state index in [0.717, 1.165) is 15.6 Å². The number of thiazole rings is 1. The maximum Gasteiger partial charge on any atom is 0.126 e. The molecule has 0 atom stereocenters. The van der Waals surface area contributed by atoms with E-state index in [0.29, 0.717) is 18.5 Å². The van der Waals surface area contributed by atoms with Crippen LogP contribution in [-0.2, 0) is 13.0 Å². The number of nitrogens with zero attached hydrogens (tertiary/aromatic N) is 1. The summed E-state index contributed by atoms with van der Waals surface area (Å²) in [6.45, 7) is 2.43. The molecule has 0 spiro atoms. The van der Waals surface area contributed by atoms with Crippen LogP contribution in [0.2, 0.25) is 0 Å². The number of benzene rings is 1. The summed E-state index contributed by atoms with van der Waals surface area (Å²) in [6, 6.07) is 6.79. The average Bonchev–Trinajstić information content (AvgIpc) is 2.62. The van der Waals surface area contributed by atoms with Crippen molar-refractivity contribution in [2.75, 3.05) is 0 Å². The fourth-order valence-corrected chi connectivity index (χ4v) is 2.53. The maximum absolute atomic E-state index is 13.4. The van der Waals surface area contributed by atoms with Gasteiger partial charge in [-0.3, -0.25) is 0 Å². The minimum absolute atomic E-state index is 0.176. The maximum atomic E-state index is 13.4. The summed E-state index contributed by atoms with van der Waals surface area (Å²) >= 11 is 1.56. The van der Waals surface area contributed by atoms with Crippen molar-refractivity contribution in [3.05, 3.63) is 51.2 Å². The van der Waals surface area contributed by atoms with Gasteiger partial charge >= 0.3 is 0 Å². The summed E-state index contributed by atoms with van der Waals surface area (Å²) in [5.41, 5.74) is 7.22. The first-order valence-electron chi connectivity index (χ1n) is 5.09. The van der Waals surface area contributed by atoms with Crippen LogP contribution >= 0.6 is 11.3 Å². The molecule has 0 bridgehead atoms. The lowest BCUT2D eigenvalue weighted by molar-refractivity contribution is 0.614. The number of hydrogen-bond acceptors (Lipinski definition) is 3. The van der Waals surface area contributed by atoms with E-state index >= 15 is 0 Å². The first-order chi connectivity index (χ1) is 7.70. The highest BCUT2D eigenvalue weighted by molar-refractivity contribution is 7.11. The molecule has 16 heavy (non-hydrogen) atoms. The predicted octanol–water partition coefficient (Wildman–Crippen LogP) is 2.64. The van der Waals surface area contributed by atoms with Crippen molar-refractivity contribution in [1.82, 2.24) is 4.98 Å². The highest BCUT2D eigenvalue weighted by Gasteiger charge is 2.08. The van der Waals surface area contributed by atoms with Crippen molar-refractivity contribution in [3.8, 4) is 0 Å². The molecular weight excluding hydrogens is 223 g/mol. The predicted molar refractivity (Wildman–Crippen MR) is 63.9 cm³/mol. The second kappa shape index (κ2) is 4.72. The fourth-order valence-electron chi connectivity index (χ4n) is 1.56. The van der Waals surface area contributed by atoms with Crippen molar-refractivity contribution in [3.63, 3.8) is 0 Å². The van der Waals surface area contributed by atoms with Gasteiger partial charge in [0, 0.05) is 17.8 Å². The molecule has 84 valence electrons. The van der Waals surface area contributed by atoms with Crippen molar-refractivity contribution in [2.24, 2.45) is 5.73 Å². The zero-order valence-electron chi connectivity index (χ0n) is 9.03. The summed E-state index contributed by atoms with van der Waals surface area (Å²) in [5, 5.41) is 0.919. The van der Waals surface area contributed by atoms with Gasteiger partial charge in [0.05, 0.1) is 10.7 Å². The lowest BCUT2D eigenvalue weighted by Crippen LogP contribution is -1.94.